The fourth-order valence-electron chi connectivity index (χ4n) is 2.96. The van der Waals surface area contributed by atoms with E-state index in [-0.39, 0.29) is 18.3 Å². The predicted molar refractivity (Wildman–Crippen MR) is 114 cm³/mol. The molecular formula is C20H41NO3SSi. The van der Waals surface area contributed by atoms with Crippen molar-refractivity contribution in [3.05, 3.63) is 0 Å². The Labute approximate surface area is 167 Å². The lowest BCUT2D eigenvalue weighted by Crippen LogP contribution is -2.50. The van der Waals surface area contributed by atoms with Gasteiger partial charge in [0.15, 0.2) is 0 Å². The van der Waals surface area contributed by atoms with Gasteiger partial charge in [-0.25, -0.2) is 0 Å². The van der Waals surface area contributed by atoms with Crippen LogP contribution in [0.4, 0.5) is 0 Å². The molecule has 0 aliphatic rings. The minimum atomic E-state index is -2.61. The molecule has 0 N–H and O–H groups in total. The van der Waals surface area contributed by atoms with Crippen LogP contribution in [0.5, 0.6) is 0 Å². The standard InChI is InChI=1S/C20H41NO3SSi/c1-18(2)22-26(23-19(3)4,24-20(5)6)16-14-12-10-8-7-9-11-13-15-25-17-21/h18-20H,7-16H2,1-6H3. The van der Waals surface area contributed by atoms with E-state index in [2.05, 4.69) is 46.9 Å². The molecule has 0 unspecified atom stereocenters. The summed E-state index contributed by atoms with van der Waals surface area (Å²) in [6.07, 6.45) is 10.2. The maximum Gasteiger partial charge on any atom is 0.501 e. The van der Waals surface area contributed by atoms with Gasteiger partial charge in [0.2, 0.25) is 0 Å². The lowest BCUT2D eigenvalue weighted by atomic mass is 10.1. The summed E-state index contributed by atoms with van der Waals surface area (Å²) in [6.45, 7) is 12.4. The predicted octanol–water partition coefficient (Wildman–Crippen LogP) is 6.54. The van der Waals surface area contributed by atoms with Gasteiger partial charge >= 0.3 is 8.80 Å². The van der Waals surface area contributed by atoms with Crippen molar-refractivity contribution in [2.75, 3.05) is 5.75 Å². The molecule has 0 fully saturated rings. The second kappa shape index (κ2) is 15.9. The third kappa shape index (κ3) is 15.0. The number of rotatable bonds is 17. The fraction of sp³-hybridized carbons (Fsp3) is 0.950. The van der Waals surface area contributed by atoms with Gasteiger partial charge in [0.05, 0.1) is 0 Å². The Hall–Kier alpha value is -0.0631. The molecule has 0 spiro atoms. The quantitative estimate of drug-likeness (QED) is 0.157. The van der Waals surface area contributed by atoms with Gasteiger partial charge in [0.25, 0.3) is 0 Å². The Morgan fingerprint density at radius 3 is 1.46 bits per heavy atom. The third-order valence-corrected chi connectivity index (χ3v) is 7.87. The molecule has 0 bridgehead atoms. The van der Waals surface area contributed by atoms with E-state index in [9.17, 15) is 0 Å². The number of nitriles is 1. The maximum absolute atomic E-state index is 8.48. The molecule has 0 rings (SSSR count). The first-order valence-electron chi connectivity index (χ1n) is 10.4. The molecule has 6 heteroatoms. The maximum atomic E-state index is 8.48. The van der Waals surface area contributed by atoms with Crippen LogP contribution in [-0.2, 0) is 13.3 Å². The van der Waals surface area contributed by atoms with Crippen LogP contribution in [0.15, 0.2) is 0 Å². The average Bonchev–Trinajstić information content (AvgIpc) is 2.50. The lowest BCUT2D eigenvalue weighted by molar-refractivity contribution is 0.00278. The van der Waals surface area contributed by atoms with Crippen molar-refractivity contribution < 1.29 is 13.3 Å². The number of hydrogen-bond acceptors (Lipinski definition) is 5. The zero-order chi connectivity index (χ0) is 19.8. The van der Waals surface area contributed by atoms with Crippen molar-refractivity contribution in [3.8, 4) is 5.40 Å². The number of thioether (sulfide) groups is 1. The molecule has 0 saturated heterocycles. The molecule has 154 valence electrons. The van der Waals surface area contributed by atoms with E-state index in [1.54, 1.807) is 0 Å². The first-order chi connectivity index (χ1) is 12.3. The van der Waals surface area contributed by atoms with Gasteiger partial charge in [-0.15, -0.1) is 0 Å². The molecule has 0 atom stereocenters. The summed E-state index contributed by atoms with van der Waals surface area (Å²) >= 11 is 1.37. The fourth-order valence-corrected chi connectivity index (χ4v) is 6.76. The van der Waals surface area contributed by atoms with Gasteiger partial charge in [-0.3, -0.25) is 0 Å². The summed E-state index contributed by atoms with van der Waals surface area (Å²) in [4.78, 5) is 0. The summed E-state index contributed by atoms with van der Waals surface area (Å²) in [5.41, 5.74) is 0. The largest absolute Gasteiger partial charge is 0.501 e. The van der Waals surface area contributed by atoms with Gasteiger partial charge in [-0.1, -0.05) is 38.5 Å². The van der Waals surface area contributed by atoms with Crippen molar-refractivity contribution in [2.45, 2.75) is 117 Å². The van der Waals surface area contributed by atoms with E-state index in [0.29, 0.717) is 0 Å². The van der Waals surface area contributed by atoms with Crippen LogP contribution in [0.3, 0.4) is 0 Å². The smallest absolute Gasteiger partial charge is 0.371 e. The van der Waals surface area contributed by atoms with Crippen LogP contribution in [0, 0.1) is 10.7 Å². The molecule has 0 aliphatic carbocycles. The van der Waals surface area contributed by atoms with Crippen LogP contribution in [0.25, 0.3) is 0 Å². The zero-order valence-corrected chi connectivity index (χ0v) is 19.7. The molecule has 0 radical (unpaired) electrons. The summed E-state index contributed by atoms with van der Waals surface area (Å²) in [6, 6.07) is 0.910. The van der Waals surface area contributed by atoms with Gasteiger partial charge in [0.1, 0.15) is 5.40 Å². The number of nitrogens with zero attached hydrogens (tertiary/aromatic N) is 1. The molecule has 0 amide bonds. The molecule has 4 nitrogen and oxygen atoms in total. The van der Waals surface area contributed by atoms with Crippen LogP contribution in [-0.4, -0.2) is 32.9 Å². The summed E-state index contributed by atoms with van der Waals surface area (Å²) in [5, 5.41) is 10.6. The van der Waals surface area contributed by atoms with E-state index in [0.717, 1.165) is 24.6 Å². The highest BCUT2D eigenvalue weighted by Gasteiger charge is 2.43. The molecule has 0 saturated carbocycles. The average molecular weight is 404 g/mol. The van der Waals surface area contributed by atoms with Crippen LogP contribution in [0.2, 0.25) is 6.04 Å². The molecule has 0 heterocycles. The van der Waals surface area contributed by atoms with E-state index in [1.807, 2.05) is 0 Å². The van der Waals surface area contributed by atoms with E-state index < -0.39 is 8.80 Å². The first-order valence-corrected chi connectivity index (χ1v) is 13.3. The third-order valence-electron chi connectivity index (χ3n) is 3.79. The Kier molecular flexibility index (Phi) is 15.9. The first kappa shape index (κ1) is 25.9. The Morgan fingerprint density at radius 2 is 1.08 bits per heavy atom. The topological polar surface area (TPSA) is 51.5 Å². The SMILES string of the molecule is CC(C)O[Si](CCCCCCCCCCSC#N)(OC(C)C)OC(C)C. The highest BCUT2D eigenvalue weighted by molar-refractivity contribution is 8.03. The van der Waals surface area contributed by atoms with E-state index in [1.165, 1.54) is 50.3 Å². The minimum absolute atomic E-state index is 0.123. The van der Waals surface area contributed by atoms with Crippen LogP contribution in [0.1, 0.15) is 92.9 Å². The number of thiocyanates is 1. The molecular weight excluding hydrogens is 362 g/mol. The van der Waals surface area contributed by atoms with Gasteiger partial charge < -0.3 is 13.3 Å². The molecule has 0 aliphatic heterocycles. The normalized spacial score (nSPS) is 12.3. The van der Waals surface area contributed by atoms with Crippen molar-refractivity contribution in [2.24, 2.45) is 0 Å². The summed E-state index contributed by atoms with van der Waals surface area (Å²) < 4.78 is 18.7. The number of hydrogen-bond donors (Lipinski definition) is 0. The Morgan fingerprint density at radius 1 is 0.692 bits per heavy atom. The summed E-state index contributed by atoms with van der Waals surface area (Å²) in [5.74, 6) is 0.977. The second-order valence-electron chi connectivity index (χ2n) is 7.70. The molecule has 0 aromatic rings. The van der Waals surface area contributed by atoms with Crippen LogP contribution >= 0.6 is 11.8 Å². The monoisotopic (exact) mass is 403 g/mol. The molecule has 0 aromatic carbocycles. The van der Waals surface area contributed by atoms with Crippen molar-refractivity contribution in [1.82, 2.24) is 0 Å². The van der Waals surface area contributed by atoms with Crippen LogP contribution < -0.4 is 0 Å². The van der Waals surface area contributed by atoms with E-state index in [4.69, 9.17) is 18.5 Å². The summed E-state index contributed by atoms with van der Waals surface area (Å²) in [7, 11) is -2.61. The van der Waals surface area contributed by atoms with Gasteiger partial charge in [0, 0.05) is 30.1 Å². The van der Waals surface area contributed by atoms with Gasteiger partial charge in [-0.2, -0.15) is 5.26 Å². The molecule has 26 heavy (non-hydrogen) atoms. The van der Waals surface area contributed by atoms with Crippen molar-refractivity contribution in [1.29, 1.82) is 5.26 Å². The Balaban J connectivity index is 4.10. The highest BCUT2D eigenvalue weighted by Crippen LogP contribution is 2.25. The minimum Gasteiger partial charge on any atom is -0.371 e. The second-order valence-corrected chi connectivity index (χ2v) is 11.2. The van der Waals surface area contributed by atoms with Crippen molar-refractivity contribution in [3.63, 3.8) is 0 Å². The van der Waals surface area contributed by atoms with E-state index >= 15 is 0 Å². The molecule has 0 aromatic heterocycles. The Bertz CT molecular complexity index is 346. The van der Waals surface area contributed by atoms with Crippen molar-refractivity contribution >= 4 is 20.6 Å². The lowest BCUT2D eigenvalue weighted by Gasteiger charge is -2.34. The highest BCUT2D eigenvalue weighted by atomic mass is 32.2. The van der Waals surface area contributed by atoms with Gasteiger partial charge in [-0.05, 0) is 66.1 Å². The number of unbranched alkanes of at least 4 members (excludes halogenated alkanes) is 7. The zero-order valence-electron chi connectivity index (χ0n) is 17.9.